The number of fused-ring (bicyclic) bond motifs is 1. The van der Waals surface area contributed by atoms with Gasteiger partial charge in [0.1, 0.15) is 0 Å². The summed E-state index contributed by atoms with van der Waals surface area (Å²) >= 11 is 1.96. The molecule has 0 saturated heterocycles. The first kappa shape index (κ1) is 12.7. The second-order valence-electron chi connectivity index (χ2n) is 4.87. The van der Waals surface area contributed by atoms with Crippen LogP contribution in [0.1, 0.15) is 36.7 Å². The Kier molecular flexibility index (Phi) is 3.85. The van der Waals surface area contributed by atoms with Crippen LogP contribution in [-0.2, 0) is 0 Å². The van der Waals surface area contributed by atoms with Gasteiger partial charge in [0.15, 0.2) is 0 Å². The molecule has 98 valence electrons. The number of benzene rings is 1. The van der Waals surface area contributed by atoms with Gasteiger partial charge >= 0.3 is 0 Å². The lowest BCUT2D eigenvalue weighted by molar-refractivity contribution is 0.444. The Morgan fingerprint density at radius 1 is 1.21 bits per heavy atom. The first-order valence-electron chi connectivity index (χ1n) is 6.73. The zero-order valence-electron chi connectivity index (χ0n) is 11.0. The van der Waals surface area contributed by atoms with E-state index in [2.05, 4.69) is 47.6 Å². The molecular weight excluding hydrogens is 252 g/mol. The van der Waals surface area contributed by atoms with E-state index in [0.717, 1.165) is 5.69 Å². The number of rotatable bonds is 3. The normalized spacial score (nSPS) is 19.7. The summed E-state index contributed by atoms with van der Waals surface area (Å²) in [5, 5.41) is 3.72. The molecule has 1 aliphatic rings. The zero-order chi connectivity index (χ0) is 13.1. The van der Waals surface area contributed by atoms with Crippen LogP contribution in [0, 0.1) is 0 Å². The predicted molar refractivity (Wildman–Crippen MR) is 80.3 cm³/mol. The molecule has 2 nitrogen and oxygen atoms in total. The maximum Gasteiger partial charge on any atom is 0.0570 e. The fourth-order valence-electron chi connectivity index (χ4n) is 2.53. The van der Waals surface area contributed by atoms with Crippen molar-refractivity contribution in [3.63, 3.8) is 0 Å². The van der Waals surface area contributed by atoms with Crippen LogP contribution >= 0.6 is 11.8 Å². The Bertz CT molecular complexity index is 541. The molecule has 1 aromatic heterocycles. The molecule has 19 heavy (non-hydrogen) atoms. The van der Waals surface area contributed by atoms with E-state index < -0.39 is 0 Å². The number of hydrogen-bond acceptors (Lipinski definition) is 3. The van der Waals surface area contributed by atoms with Crippen LogP contribution in [-0.4, -0.2) is 10.7 Å². The van der Waals surface area contributed by atoms with Gasteiger partial charge in [0.05, 0.1) is 5.69 Å². The number of aromatic nitrogens is 1. The highest BCUT2D eigenvalue weighted by Crippen LogP contribution is 2.36. The first-order chi connectivity index (χ1) is 9.34. The molecule has 0 spiro atoms. The minimum absolute atomic E-state index is 0.280. The Labute approximate surface area is 118 Å². The lowest BCUT2D eigenvalue weighted by atomic mass is 10.0. The number of pyridine rings is 1. The third kappa shape index (κ3) is 2.82. The van der Waals surface area contributed by atoms with Gasteiger partial charge in [-0.1, -0.05) is 24.3 Å². The fraction of sp³-hybridized carbons (Fsp3) is 0.312. The summed E-state index contributed by atoms with van der Waals surface area (Å²) in [7, 11) is 0. The molecule has 0 saturated carbocycles. The van der Waals surface area contributed by atoms with E-state index in [9.17, 15) is 0 Å². The van der Waals surface area contributed by atoms with Crippen LogP contribution in [0.4, 0.5) is 0 Å². The van der Waals surface area contributed by atoms with Crippen molar-refractivity contribution in [3.8, 4) is 0 Å². The van der Waals surface area contributed by atoms with Crippen molar-refractivity contribution in [1.29, 1.82) is 0 Å². The van der Waals surface area contributed by atoms with Crippen LogP contribution in [0.15, 0.2) is 53.6 Å². The molecule has 0 radical (unpaired) electrons. The third-order valence-electron chi connectivity index (χ3n) is 3.54. The largest absolute Gasteiger partial charge is 0.302 e. The van der Waals surface area contributed by atoms with Gasteiger partial charge in [0, 0.05) is 23.2 Å². The summed E-state index contributed by atoms with van der Waals surface area (Å²) in [6.07, 6.45) is 3.04. The van der Waals surface area contributed by atoms with E-state index in [-0.39, 0.29) is 6.04 Å². The summed E-state index contributed by atoms with van der Waals surface area (Å²) in [5.74, 6) is 1.18. The van der Waals surface area contributed by atoms with Crippen molar-refractivity contribution < 1.29 is 0 Å². The molecule has 0 amide bonds. The summed E-state index contributed by atoms with van der Waals surface area (Å²) in [4.78, 5) is 5.85. The van der Waals surface area contributed by atoms with Crippen molar-refractivity contribution in [1.82, 2.24) is 10.3 Å². The molecule has 1 N–H and O–H groups in total. The average Bonchev–Trinajstić information content (AvgIpc) is 2.48. The lowest BCUT2D eigenvalue weighted by Crippen LogP contribution is -2.27. The van der Waals surface area contributed by atoms with Gasteiger partial charge in [-0.25, -0.2) is 0 Å². The number of nitrogens with one attached hydrogen (secondary N) is 1. The molecule has 1 unspecified atom stereocenters. The number of nitrogens with zero attached hydrogens (tertiary/aromatic N) is 1. The Morgan fingerprint density at radius 3 is 2.89 bits per heavy atom. The molecule has 2 aromatic rings. The van der Waals surface area contributed by atoms with Gasteiger partial charge in [0.25, 0.3) is 0 Å². The SMILES string of the molecule is C[C@H](NC1CCSc2ccccc21)c1ccccn1. The van der Waals surface area contributed by atoms with Gasteiger partial charge in [-0.2, -0.15) is 0 Å². The minimum atomic E-state index is 0.280. The first-order valence-corrected chi connectivity index (χ1v) is 7.72. The summed E-state index contributed by atoms with van der Waals surface area (Å²) in [6.45, 7) is 2.19. The lowest BCUT2D eigenvalue weighted by Gasteiger charge is -2.28. The van der Waals surface area contributed by atoms with E-state index in [1.165, 1.54) is 22.6 Å². The molecule has 0 bridgehead atoms. The molecule has 0 aliphatic carbocycles. The molecule has 1 aromatic carbocycles. The minimum Gasteiger partial charge on any atom is -0.302 e. The Hall–Kier alpha value is -1.32. The summed E-state index contributed by atoms with van der Waals surface area (Å²) in [6, 6.07) is 15.5. The second-order valence-corrected chi connectivity index (χ2v) is 6.01. The van der Waals surface area contributed by atoms with Crippen LogP contribution in [0.2, 0.25) is 0 Å². The maximum absolute atomic E-state index is 4.43. The summed E-state index contributed by atoms with van der Waals surface area (Å²) < 4.78 is 0. The van der Waals surface area contributed by atoms with Gasteiger partial charge in [-0.15, -0.1) is 11.8 Å². The quantitative estimate of drug-likeness (QED) is 0.913. The molecule has 3 heteroatoms. The van der Waals surface area contributed by atoms with Crippen molar-refractivity contribution in [2.45, 2.75) is 30.3 Å². The average molecular weight is 270 g/mol. The van der Waals surface area contributed by atoms with E-state index in [0.29, 0.717) is 6.04 Å². The maximum atomic E-state index is 4.43. The van der Waals surface area contributed by atoms with Crippen LogP contribution in [0.3, 0.4) is 0 Å². The van der Waals surface area contributed by atoms with E-state index in [4.69, 9.17) is 0 Å². The van der Waals surface area contributed by atoms with Gasteiger partial charge < -0.3 is 5.32 Å². The third-order valence-corrected chi connectivity index (χ3v) is 4.66. The van der Waals surface area contributed by atoms with Crippen LogP contribution < -0.4 is 5.32 Å². The molecular formula is C16H18N2S. The standard InChI is InChI=1S/C16H18N2S/c1-12(14-7-4-5-10-17-14)18-15-9-11-19-16-8-3-2-6-13(15)16/h2-8,10,12,15,18H,9,11H2,1H3/t12-,15?/m0/s1. The topological polar surface area (TPSA) is 24.9 Å². The smallest absolute Gasteiger partial charge is 0.0570 e. The molecule has 2 heterocycles. The van der Waals surface area contributed by atoms with Crippen molar-refractivity contribution >= 4 is 11.8 Å². The van der Waals surface area contributed by atoms with Crippen LogP contribution in [0.5, 0.6) is 0 Å². The highest BCUT2D eigenvalue weighted by atomic mass is 32.2. The predicted octanol–water partition coefficient (Wildman–Crippen LogP) is 3.97. The monoisotopic (exact) mass is 270 g/mol. The molecule has 0 fully saturated rings. The molecule has 1 aliphatic heterocycles. The zero-order valence-corrected chi connectivity index (χ0v) is 11.9. The van der Waals surface area contributed by atoms with Crippen molar-refractivity contribution in [2.24, 2.45) is 0 Å². The molecule has 3 rings (SSSR count). The molecule has 2 atom stereocenters. The Morgan fingerprint density at radius 2 is 2.05 bits per heavy atom. The number of hydrogen-bond donors (Lipinski definition) is 1. The van der Waals surface area contributed by atoms with Gasteiger partial charge in [0.2, 0.25) is 0 Å². The van der Waals surface area contributed by atoms with Gasteiger partial charge in [-0.3, -0.25) is 4.98 Å². The van der Waals surface area contributed by atoms with Gasteiger partial charge in [-0.05, 0) is 42.9 Å². The van der Waals surface area contributed by atoms with E-state index in [1.807, 2.05) is 30.1 Å². The Balaban J connectivity index is 1.78. The second kappa shape index (κ2) is 5.76. The van der Waals surface area contributed by atoms with Crippen molar-refractivity contribution in [3.05, 3.63) is 59.9 Å². The highest BCUT2D eigenvalue weighted by molar-refractivity contribution is 7.99. The number of thioether (sulfide) groups is 1. The highest BCUT2D eigenvalue weighted by Gasteiger charge is 2.22. The fourth-order valence-corrected chi connectivity index (χ4v) is 3.66. The van der Waals surface area contributed by atoms with Crippen molar-refractivity contribution in [2.75, 3.05) is 5.75 Å². The van der Waals surface area contributed by atoms with E-state index in [1.54, 1.807) is 0 Å². The summed E-state index contributed by atoms with van der Waals surface area (Å²) in [5.41, 5.74) is 2.54. The van der Waals surface area contributed by atoms with E-state index >= 15 is 0 Å². The van der Waals surface area contributed by atoms with Crippen LogP contribution in [0.25, 0.3) is 0 Å².